The minimum atomic E-state index is -0.191. The molecule has 0 bridgehead atoms. The van der Waals surface area contributed by atoms with E-state index in [4.69, 9.17) is 15.2 Å². The predicted octanol–water partition coefficient (Wildman–Crippen LogP) is 1.33. The van der Waals surface area contributed by atoms with Crippen molar-refractivity contribution in [3.8, 4) is 5.75 Å². The number of methoxy groups -OCH3 is 1. The van der Waals surface area contributed by atoms with Crippen molar-refractivity contribution in [2.75, 3.05) is 26.9 Å². The fourth-order valence-corrected chi connectivity index (χ4v) is 3.24. The number of ether oxygens (including phenoxy) is 2. The second-order valence-electron chi connectivity index (χ2n) is 5.77. The zero-order valence-electron chi connectivity index (χ0n) is 12.3. The fourth-order valence-electron chi connectivity index (χ4n) is 3.24. The lowest BCUT2D eigenvalue weighted by Gasteiger charge is -2.28. The minimum absolute atomic E-state index is 0.137. The topological polar surface area (TPSA) is 64.8 Å². The molecule has 0 spiro atoms. The van der Waals surface area contributed by atoms with E-state index in [9.17, 15) is 4.79 Å². The number of benzene rings is 1. The molecule has 3 atom stereocenters. The Balaban J connectivity index is 1.76. The van der Waals surface area contributed by atoms with E-state index in [-0.39, 0.29) is 23.9 Å². The van der Waals surface area contributed by atoms with Gasteiger partial charge in [-0.25, -0.2) is 0 Å². The van der Waals surface area contributed by atoms with Gasteiger partial charge in [-0.3, -0.25) is 4.79 Å². The summed E-state index contributed by atoms with van der Waals surface area (Å²) in [6.45, 7) is 1.74. The maximum absolute atomic E-state index is 12.7. The molecule has 2 fully saturated rings. The van der Waals surface area contributed by atoms with Crippen molar-refractivity contribution in [2.24, 2.45) is 11.7 Å². The summed E-state index contributed by atoms with van der Waals surface area (Å²) in [6.07, 6.45) is 2.03. The third-order valence-electron chi connectivity index (χ3n) is 4.48. The first kappa shape index (κ1) is 14.4. The van der Waals surface area contributed by atoms with Gasteiger partial charge in [-0.2, -0.15) is 0 Å². The quantitative estimate of drug-likeness (QED) is 0.912. The number of carbonyl (C=O) groups excluding carboxylic acids is 1. The highest BCUT2D eigenvalue weighted by molar-refractivity contribution is 5.80. The van der Waals surface area contributed by atoms with Gasteiger partial charge >= 0.3 is 0 Å². The molecule has 21 heavy (non-hydrogen) atoms. The molecule has 0 saturated carbocycles. The first-order chi connectivity index (χ1) is 10.2. The minimum Gasteiger partial charge on any atom is -0.497 e. The summed E-state index contributed by atoms with van der Waals surface area (Å²) < 4.78 is 10.5. The van der Waals surface area contributed by atoms with E-state index in [2.05, 4.69) is 0 Å². The van der Waals surface area contributed by atoms with Gasteiger partial charge in [-0.05, 0) is 30.5 Å². The van der Waals surface area contributed by atoms with Crippen LogP contribution in [0.5, 0.6) is 5.75 Å². The summed E-state index contributed by atoms with van der Waals surface area (Å²) in [4.78, 5) is 14.7. The molecule has 114 valence electrons. The second kappa shape index (κ2) is 6.03. The van der Waals surface area contributed by atoms with Gasteiger partial charge in [0.1, 0.15) is 5.75 Å². The van der Waals surface area contributed by atoms with E-state index in [0.29, 0.717) is 13.2 Å². The van der Waals surface area contributed by atoms with Crippen molar-refractivity contribution < 1.29 is 14.3 Å². The number of nitrogens with two attached hydrogens (primary N) is 1. The number of likely N-dealkylation sites (tertiary alicyclic amines) is 1. The lowest BCUT2D eigenvalue weighted by atomic mass is 10.00. The molecule has 5 heteroatoms. The Hall–Kier alpha value is -1.59. The maximum Gasteiger partial charge on any atom is 0.230 e. The van der Waals surface area contributed by atoms with Crippen molar-refractivity contribution in [3.63, 3.8) is 0 Å². The largest absolute Gasteiger partial charge is 0.497 e. The molecule has 3 unspecified atom stereocenters. The summed E-state index contributed by atoms with van der Waals surface area (Å²) >= 11 is 0. The van der Waals surface area contributed by atoms with Crippen LogP contribution >= 0.6 is 0 Å². The van der Waals surface area contributed by atoms with Crippen LogP contribution in [0.15, 0.2) is 24.3 Å². The Labute approximate surface area is 125 Å². The molecule has 1 amide bonds. The molecular weight excluding hydrogens is 268 g/mol. The molecule has 5 nitrogen and oxygen atoms in total. The monoisotopic (exact) mass is 290 g/mol. The zero-order chi connectivity index (χ0) is 14.8. The highest BCUT2D eigenvalue weighted by Crippen LogP contribution is 2.34. The van der Waals surface area contributed by atoms with Crippen LogP contribution in [0.2, 0.25) is 0 Å². The van der Waals surface area contributed by atoms with Gasteiger partial charge in [0.15, 0.2) is 0 Å². The molecule has 0 radical (unpaired) electrons. The first-order valence-corrected chi connectivity index (χ1v) is 7.48. The van der Waals surface area contributed by atoms with E-state index in [0.717, 1.165) is 30.7 Å². The number of hydrogen-bond acceptors (Lipinski definition) is 4. The van der Waals surface area contributed by atoms with Crippen molar-refractivity contribution in [1.29, 1.82) is 0 Å². The summed E-state index contributed by atoms with van der Waals surface area (Å²) in [5.74, 6) is 0.781. The van der Waals surface area contributed by atoms with Crippen molar-refractivity contribution in [1.82, 2.24) is 4.90 Å². The highest BCUT2D eigenvalue weighted by Gasteiger charge is 2.38. The Morgan fingerprint density at radius 1 is 1.33 bits per heavy atom. The molecule has 2 heterocycles. The molecule has 0 aliphatic carbocycles. The molecule has 3 rings (SSSR count). The van der Waals surface area contributed by atoms with Crippen LogP contribution in [-0.4, -0.2) is 43.7 Å². The fraction of sp³-hybridized carbons (Fsp3) is 0.562. The van der Waals surface area contributed by atoms with E-state index in [1.54, 1.807) is 7.11 Å². The summed E-state index contributed by atoms with van der Waals surface area (Å²) in [5.41, 5.74) is 7.14. The van der Waals surface area contributed by atoms with Gasteiger partial charge in [-0.15, -0.1) is 0 Å². The van der Waals surface area contributed by atoms with Crippen LogP contribution < -0.4 is 10.5 Å². The lowest BCUT2D eigenvalue weighted by molar-refractivity contribution is -0.136. The number of amides is 1. The van der Waals surface area contributed by atoms with Crippen LogP contribution in [0.3, 0.4) is 0 Å². The molecule has 1 aromatic rings. The number of hydrogen-bond donors (Lipinski definition) is 1. The second-order valence-corrected chi connectivity index (χ2v) is 5.77. The molecule has 2 aliphatic rings. The Morgan fingerprint density at radius 3 is 2.71 bits per heavy atom. The van der Waals surface area contributed by atoms with Crippen LogP contribution in [0.1, 0.15) is 24.4 Å². The lowest BCUT2D eigenvalue weighted by Crippen LogP contribution is -2.43. The van der Waals surface area contributed by atoms with Crippen LogP contribution in [-0.2, 0) is 9.53 Å². The van der Waals surface area contributed by atoms with Gasteiger partial charge in [0.05, 0.1) is 32.3 Å². The van der Waals surface area contributed by atoms with Gasteiger partial charge in [0.2, 0.25) is 5.91 Å². The molecule has 1 aromatic carbocycles. The number of rotatable bonds is 3. The predicted molar refractivity (Wildman–Crippen MR) is 79.0 cm³/mol. The SMILES string of the molecule is COc1ccc(C2CCCN2C(=O)C2COCC2N)cc1. The van der Waals surface area contributed by atoms with E-state index in [1.165, 1.54) is 0 Å². The molecule has 2 saturated heterocycles. The van der Waals surface area contributed by atoms with E-state index in [1.807, 2.05) is 29.2 Å². The third-order valence-corrected chi connectivity index (χ3v) is 4.48. The number of carbonyl (C=O) groups is 1. The zero-order valence-corrected chi connectivity index (χ0v) is 12.3. The Bertz CT molecular complexity index is 503. The van der Waals surface area contributed by atoms with Gasteiger partial charge < -0.3 is 20.1 Å². The van der Waals surface area contributed by atoms with Crippen LogP contribution in [0, 0.1) is 5.92 Å². The van der Waals surface area contributed by atoms with Crippen molar-refractivity contribution in [2.45, 2.75) is 24.9 Å². The van der Waals surface area contributed by atoms with E-state index < -0.39 is 0 Å². The summed E-state index contributed by atoms with van der Waals surface area (Å²) in [7, 11) is 1.65. The molecule has 0 aromatic heterocycles. The van der Waals surface area contributed by atoms with E-state index >= 15 is 0 Å². The number of nitrogens with zero attached hydrogens (tertiary/aromatic N) is 1. The van der Waals surface area contributed by atoms with Crippen molar-refractivity contribution >= 4 is 5.91 Å². The first-order valence-electron chi connectivity index (χ1n) is 7.48. The molecule has 2 aliphatic heterocycles. The Kier molecular flexibility index (Phi) is 4.12. The van der Waals surface area contributed by atoms with Crippen molar-refractivity contribution in [3.05, 3.63) is 29.8 Å². The average Bonchev–Trinajstić information content (AvgIpc) is 3.15. The standard InChI is InChI=1S/C16H22N2O3/c1-20-12-6-4-11(5-7-12)15-3-2-8-18(15)16(19)13-9-21-10-14(13)17/h4-7,13-15H,2-3,8-10,17H2,1H3. The Morgan fingerprint density at radius 2 is 2.10 bits per heavy atom. The summed E-state index contributed by atoms with van der Waals surface area (Å²) in [6, 6.07) is 7.95. The third kappa shape index (κ3) is 2.76. The normalized spacial score (nSPS) is 28.9. The average molecular weight is 290 g/mol. The van der Waals surface area contributed by atoms with Crippen LogP contribution in [0.25, 0.3) is 0 Å². The summed E-state index contributed by atoms with van der Waals surface area (Å²) in [5, 5.41) is 0. The highest BCUT2D eigenvalue weighted by atomic mass is 16.5. The smallest absolute Gasteiger partial charge is 0.230 e. The molecule has 2 N–H and O–H groups in total. The van der Waals surface area contributed by atoms with Gasteiger partial charge in [0, 0.05) is 12.6 Å². The van der Waals surface area contributed by atoms with Gasteiger partial charge in [0.25, 0.3) is 0 Å². The molecular formula is C16H22N2O3. The maximum atomic E-state index is 12.7. The van der Waals surface area contributed by atoms with Crippen LogP contribution in [0.4, 0.5) is 0 Å². The van der Waals surface area contributed by atoms with Gasteiger partial charge in [-0.1, -0.05) is 12.1 Å².